The highest BCUT2D eigenvalue weighted by molar-refractivity contribution is 5.76. The van der Waals surface area contributed by atoms with E-state index in [1.807, 2.05) is 6.08 Å². The lowest BCUT2D eigenvalue weighted by atomic mass is 10.0. The van der Waals surface area contributed by atoms with Crippen molar-refractivity contribution in [3.63, 3.8) is 0 Å². The molecule has 0 aliphatic heterocycles. The van der Waals surface area contributed by atoms with E-state index in [9.17, 15) is 19.8 Å². The lowest BCUT2D eigenvalue weighted by molar-refractivity contribution is -0.143. The second kappa shape index (κ2) is 47.5. The Morgan fingerprint density at radius 1 is 0.483 bits per heavy atom. The fourth-order valence-corrected chi connectivity index (χ4v) is 7.25. The van der Waals surface area contributed by atoms with E-state index >= 15 is 0 Å². The van der Waals surface area contributed by atoms with Gasteiger partial charge in [0, 0.05) is 12.8 Å². The molecule has 0 aromatic rings. The maximum atomic E-state index is 12.4. The zero-order chi connectivity index (χ0) is 42.3. The number of aliphatic hydroxyl groups excluding tert-OH is 2. The van der Waals surface area contributed by atoms with Gasteiger partial charge in [-0.2, -0.15) is 0 Å². The number of amides is 1. The van der Waals surface area contributed by atoms with Crippen LogP contribution in [0.15, 0.2) is 48.6 Å². The molecule has 2 unspecified atom stereocenters. The van der Waals surface area contributed by atoms with Crippen LogP contribution in [0.3, 0.4) is 0 Å². The zero-order valence-electron chi connectivity index (χ0n) is 38.3. The maximum absolute atomic E-state index is 12.4. The van der Waals surface area contributed by atoms with Crippen LogP contribution in [-0.4, -0.2) is 47.4 Å². The third kappa shape index (κ3) is 43.4. The largest absolute Gasteiger partial charge is 0.466 e. The summed E-state index contributed by atoms with van der Waals surface area (Å²) < 4.78 is 5.45. The van der Waals surface area contributed by atoms with Crippen LogP contribution >= 0.6 is 0 Å². The molecule has 0 aliphatic carbocycles. The van der Waals surface area contributed by atoms with E-state index in [1.54, 1.807) is 0 Å². The van der Waals surface area contributed by atoms with Crippen LogP contribution in [0.25, 0.3) is 0 Å². The molecule has 0 saturated carbocycles. The molecule has 0 fully saturated rings. The highest BCUT2D eigenvalue weighted by Gasteiger charge is 2.19. The van der Waals surface area contributed by atoms with Gasteiger partial charge >= 0.3 is 5.97 Å². The Morgan fingerprint density at radius 2 is 0.879 bits per heavy atom. The van der Waals surface area contributed by atoms with E-state index in [4.69, 9.17) is 4.74 Å². The predicted molar refractivity (Wildman–Crippen MR) is 250 cm³/mol. The van der Waals surface area contributed by atoms with E-state index in [2.05, 4.69) is 61.7 Å². The molecule has 3 N–H and O–H groups in total. The summed E-state index contributed by atoms with van der Waals surface area (Å²) in [7, 11) is 0. The Labute approximate surface area is 359 Å². The molecule has 58 heavy (non-hydrogen) atoms. The zero-order valence-corrected chi connectivity index (χ0v) is 38.3. The van der Waals surface area contributed by atoms with Crippen molar-refractivity contribution in [2.45, 2.75) is 257 Å². The number of ether oxygens (including phenoxy) is 1. The molecule has 0 spiro atoms. The number of carbonyl (C=O) groups is 2. The average molecular weight is 814 g/mol. The monoisotopic (exact) mass is 814 g/mol. The van der Waals surface area contributed by atoms with Crippen LogP contribution in [0.4, 0.5) is 0 Å². The summed E-state index contributed by atoms with van der Waals surface area (Å²) in [4.78, 5) is 24.4. The number of aliphatic hydroxyl groups is 2. The lowest BCUT2D eigenvalue weighted by Gasteiger charge is -2.22. The topological polar surface area (TPSA) is 95.9 Å². The van der Waals surface area contributed by atoms with Crippen LogP contribution in [0.2, 0.25) is 0 Å². The number of allylic oxidation sites excluding steroid dienone is 8. The molecule has 0 bridgehead atoms. The number of rotatable bonds is 45. The maximum Gasteiger partial charge on any atom is 0.305 e. The highest BCUT2D eigenvalue weighted by Crippen LogP contribution is 2.15. The standard InChI is InChI=1S/C52H95NO5/c1-3-5-7-9-11-13-15-16-17-18-19-22-26-30-34-38-42-46-52(57)58-47-43-39-35-31-27-23-20-21-25-29-33-37-41-45-51(56)53-49(48-54)50(55)44-40-36-32-28-24-14-12-10-8-6-4-2/h11,13,16-17,21,25,33,37,49-50,54-55H,3-10,12,14-15,18-20,22-24,26-32,34-36,38-48H2,1-2H3,(H,53,56)/b13-11-,17-16-,25-21-,37-33-. The Bertz CT molecular complexity index is 988. The van der Waals surface area contributed by atoms with Gasteiger partial charge in [-0.3, -0.25) is 9.59 Å². The van der Waals surface area contributed by atoms with Gasteiger partial charge in [-0.25, -0.2) is 0 Å². The number of unbranched alkanes of at least 4 members (excludes halogenated alkanes) is 26. The summed E-state index contributed by atoms with van der Waals surface area (Å²) >= 11 is 0. The SMILES string of the molecule is CCCCC/C=C\C/C=C\CCCCCCCCCC(=O)OCCCCCCCC/C=C\C/C=C\CCC(=O)NC(CO)C(O)CCCCCCCCCCCCC. The normalized spacial score (nSPS) is 13.1. The van der Waals surface area contributed by atoms with Crippen molar-refractivity contribution in [3.05, 3.63) is 48.6 Å². The van der Waals surface area contributed by atoms with Crippen LogP contribution < -0.4 is 5.32 Å². The third-order valence-corrected chi connectivity index (χ3v) is 11.1. The van der Waals surface area contributed by atoms with E-state index in [0.29, 0.717) is 32.3 Å². The van der Waals surface area contributed by atoms with E-state index in [0.717, 1.165) is 57.8 Å². The Morgan fingerprint density at radius 3 is 1.38 bits per heavy atom. The first kappa shape index (κ1) is 55.8. The van der Waals surface area contributed by atoms with Crippen molar-refractivity contribution in [3.8, 4) is 0 Å². The number of nitrogens with one attached hydrogen (secondary N) is 1. The summed E-state index contributed by atoms with van der Waals surface area (Å²) in [6.45, 7) is 4.83. The van der Waals surface area contributed by atoms with Crippen LogP contribution in [0.1, 0.15) is 245 Å². The molecule has 0 saturated heterocycles. The molecule has 0 rings (SSSR count). The number of carbonyl (C=O) groups excluding carboxylic acids is 2. The fraction of sp³-hybridized carbons (Fsp3) is 0.808. The minimum Gasteiger partial charge on any atom is -0.466 e. The molecule has 0 aromatic carbocycles. The number of hydrogen-bond acceptors (Lipinski definition) is 5. The van der Waals surface area contributed by atoms with Gasteiger partial charge in [0.1, 0.15) is 0 Å². The van der Waals surface area contributed by atoms with Crippen molar-refractivity contribution in [1.82, 2.24) is 5.32 Å². The summed E-state index contributed by atoms with van der Waals surface area (Å²) in [5, 5.41) is 23.0. The van der Waals surface area contributed by atoms with Crippen molar-refractivity contribution >= 4 is 11.9 Å². The van der Waals surface area contributed by atoms with Crippen molar-refractivity contribution in [2.24, 2.45) is 0 Å². The molecular formula is C52H95NO5. The van der Waals surface area contributed by atoms with Gasteiger partial charge in [-0.15, -0.1) is 0 Å². The van der Waals surface area contributed by atoms with E-state index < -0.39 is 12.1 Å². The second-order valence-corrected chi connectivity index (χ2v) is 16.8. The molecule has 338 valence electrons. The molecule has 2 atom stereocenters. The Hall–Kier alpha value is -2.18. The highest BCUT2D eigenvalue weighted by atomic mass is 16.5. The van der Waals surface area contributed by atoms with Gasteiger partial charge in [-0.1, -0.05) is 204 Å². The van der Waals surface area contributed by atoms with Gasteiger partial charge in [0.05, 0.1) is 25.4 Å². The van der Waals surface area contributed by atoms with Gasteiger partial charge < -0.3 is 20.3 Å². The predicted octanol–water partition coefficient (Wildman–Crippen LogP) is 14.7. The third-order valence-electron chi connectivity index (χ3n) is 11.1. The summed E-state index contributed by atoms with van der Waals surface area (Å²) in [6, 6.07) is -0.585. The lowest BCUT2D eigenvalue weighted by Crippen LogP contribution is -2.45. The minimum absolute atomic E-state index is 0.0259. The Kier molecular flexibility index (Phi) is 45.7. The van der Waals surface area contributed by atoms with Gasteiger partial charge in [0.2, 0.25) is 5.91 Å². The average Bonchev–Trinajstić information content (AvgIpc) is 3.22. The second-order valence-electron chi connectivity index (χ2n) is 16.8. The molecular weight excluding hydrogens is 719 g/mol. The molecule has 0 heterocycles. The molecule has 6 heteroatoms. The minimum atomic E-state index is -0.698. The van der Waals surface area contributed by atoms with Crippen molar-refractivity contribution in [2.75, 3.05) is 13.2 Å². The fourth-order valence-electron chi connectivity index (χ4n) is 7.25. The van der Waals surface area contributed by atoms with Gasteiger partial charge in [0.25, 0.3) is 0 Å². The summed E-state index contributed by atoms with van der Waals surface area (Å²) in [5.41, 5.74) is 0. The van der Waals surface area contributed by atoms with Crippen molar-refractivity contribution < 1.29 is 24.5 Å². The molecule has 0 aromatic heterocycles. The first-order chi connectivity index (χ1) is 28.5. The molecule has 0 radical (unpaired) electrons. The van der Waals surface area contributed by atoms with Crippen LogP contribution in [0, 0.1) is 0 Å². The van der Waals surface area contributed by atoms with Gasteiger partial charge in [0.15, 0.2) is 0 Å². The summed E-state index contributed by atoms with van der Waals surface area (Å²) in [5.74, 6) is -0.145. The van der Waals surface area contributed by atoms with Crippen molar-refractivity contribution in [1.29, 1.82) is 0 Å². The molecule has 6 nitrogen and oxygen atoms in total. The number of hydrogen-bond donors (Lipinski definition) is 3. The summed E-state index contributed by atoms with van der Waals surface area (Å²) in [6.07, 6.45) is 58.0. The smallest absolute Gasteiger partial charge is 0.305 e. The first-order valence-corrected chi connectivity index (χ1v) is 24.9. The Balaban J connectivity index is 3.55. The van der Waals surface area contributed by atoms with E-state index in [1.165, 1.54) is 148 Å². The van der Waals surface area contributed by atoms with Crippen LogP contribution in [-0.2, 0) is 14.3 Å². The van der Waals surface area contributed by atoms with Gasteiger partial charge in [-0.05, 0) is 77.0 Å². The molecule has 0 aliphatic rings. The van der Waals surface area contributed by atoms with E-state index in [-0.39, 0.29) is 18.5 Å². The number of esters is 1. The van der Waals surface area contributed by atoms with Crippen LogP contribution in [0.5, 0.6) is 0 Å². The first-order valence-electron chi connectivity index (χ1n) is 24.9. The quantitative estimate of drug-likeness (QED) is 0.0323. The molecule has 1 amide bonds.